The Kier molecular flexibility index (Phi) is 5.56. The number of hydrogen-bond donors (Lipinski definition) is 0. The van der Waals surface area contributed by atoms with E-state index in [0.717, 1.165) is 24.0 Å². The number of hydrogen-bond acceptors (Lipinski definition) is 3. The SMILES string of the molecule is CCCc1ccc(S(=O)(=O)N(C)Cc2ccc(Cl)nc2)cc1. The van der Waals surface area contributed by atoms with Crippen LogP contribution in [0.25, 0.3) is 0 Å². The smallest absolute Gasteiger partial charge is 0.243 e. The predicted octanol–water partition coefficient (Wildman–Crippen LogP) is 3.51. The average molecular weight is 339 g/mol. The molecule has 6 heteroatoms. The van der Waals surface area contributed by atoms with Crippen LogP contribution in [0.4, 0.5) is 0 Å². The number of halogens is 1. The van der Waals surface area contributed by atoms with Gasteiger partial charge in [0.05, 0.1) is 4.90 Å². The molecule has 0 N–H and O–H groups in total. The number of pyridine rings is 1. The van der Waals surface area contributed by atoms with Crippen molar-refractivity contribution in [2.45, 2.75) is 31.2 Å². The van der Waals surface area contributed by atoms with Crippen LogP contribution in [-0.2, 0) is 23.0 Å². The molecule has 1 aromatic heterocycles. The van der Waals surface area contributed by atoms with Crippen molar-refractivity contribution in [2.75, 3.05) is 7.05 Å². The molecule has 2 aromatic rings. The molecule has 0 saturated heterocycles. The van der Waals surface area contributed by atoms with Crippen molar-refractivity contribution in [1.82, 2.24) is 9.29 Å². The van der Waals surface area contributed by atoms with Gasteiger partial charge in [-0.05, 0) is 35.7 Å². The van der Waals surface area contributed by atoms with Crippen LogP contribution in [0.3, 0.4) is 0 Å². The van der Waals surface area contributed by atoms with Gasteiger partial charge in [0, 0.05) is 19.8 Å². The van der Waals surface area contributed by atoms with E-state index in [1.54, 1.807) is 37.5 Å². The summed E-state index contributed by atoms with van der Waals surface area (Å²) >= 11 is 5.73. The zero-order valence-corrected chi connectivity index (χ0v) is 14.2. The highest BCUT2D eigenvalue weighted by atomic mass is 35.5. The Labute approximate surface area is 136 Å². The standard InChI is InChI=1S/C16H19ClN2O2S/c1-3-4-13-5-8-15(9-6-13)22(20,21)19(2)12-14-7-10-16(17)18-11-14/h5-11H,3-4,12H2,1-2H3. The number of rotatable bonds is 6. The molecule has 0 aliphatic carbocycles. The average Bonchev–Trinajstić information content (AvgIpc) is 2.50. The van der Waals surface area contributed by atoms with Gasteiger partial charge in [0.1, 0.15) is 5.15 Å². The third kappa shape index (κ3) is 4.06. The van der Waals surface area contributed by atoms with Crippen LogP contribution in [-0.4, -0.2) is 24.8 Å². The predicted molar refractivity (Wildman–Crippen MR) is 88.3 cm³/mol. The summed E-state index contributed by atoms with van der Waals surface area (Å²) in [7, 11) is -1.95. The lowest BCUT2D eigenvalue weighted by Crippen LogP contribution is -2.26. The van der Waals surface area contributed by atoms with Crippen molar-refractivity contribution in [1.29, 1.82) is 0 Å². The quantitative estimate of drug-likeness (QED) is 0.757. The minimum atomic E-state index is -3.51. The van der Waals surface area contributed by atoms with Gasteiger partial charge in [-0.15, -0.1) is 0 Å². The fraction of sp³-hybridized carbons (Fsp3) is 0.312. The molecule has 0 bridgehead atoms. The Balaban J connectivity index is 2.16. The summed E-state index contributed by atoms with van der Waals surface area (Å²) in [6.45, 7) is 2.35. The van der Waals surface area contributed by atoms with Gasteiger partial charge < -0.3 is 0 Å². The van der Waals surface area contributed by atoms with E-state index in [2.05, 4.69) is 11.9 Å². The summed E-state index contributed by atoms with van der Waals surface area (Å²) in [5, 5.41) is 0.390. The Morgan fingerprint density at radius 1 is 1.09 bits per heavy atom. The molecular formula is C16H19ClN2O2S. The third-order valence-corrected chi connectivity index (χ3v) is 5.41. The molecule has 0 aliphatic rings. The molecule has 4 nitrogen and oxygen atoms in total. The largest absolute Gasteiger partial charge is 0.244 e. The van der Waals surface area contributed by atoms with Crippen molar-refractivity contribution < 1.29 is 8.42 Å². The molecule has 0 amide bonds. The zero-order valence-electron chi connectivity index (χ0n) is 12.7. The lowest BCUT2D eigenvalue weighted by Gasteiger charge is -2.17. The molecule has 0 aliphatic heterocycles. The van der Waals surface area contributed by atoms with Crippen LogP contribution in [0.1, 0.15) is 24.5 Å². The summed E-state index contributed by atoms with van der Waals surface area (Å²) in [4.78, 5) is 4.27. The summed E-state index contributed by atoms with van der Waals surface area (Å²) in [6, 6.07) is 10.5. The molecule has 0 saturated carbocycles. The van der Waals surface area contributed by atoms with Crippen LogP contribution in [0, 0.1) is 0 Å². The first kappa shape index (κ1) is 16.9. The normalized spacial score (nSPS) is 11.8. The van der Waals surface area contributed by atoms with Gasteiger partial charge in [-0.3, -0.25) is 0 Å². The molecule has 0 radical (unpaired) electrons. The summed E-state index contributed by atoms with van der Waals surface area (Å²) in [6.07, 6.45) is 3.57. The Bertz CT molecular complexity index is 713. The van der Waals surface area contributed by atoms with E-state index in [1.807, 2.05) is 12.1 Å². The molecule has 0 spiro atoms. The van der Waals surface area contributed by atoms with E-state index < -0.39 is 10.0 Å². The Morgan fingerprint density at radius 3 is 2.27 bits per heavy atom. The molecule has 0 atom stereocenters. The highest BCUT2D eigenvalue weighted by molar-refractivity contribution is 7.89. The van der Waals surface area contributed by atoms with E-state index in [4.69, 9.17) is 11.6 Å². The van der Waals surface area contributed by atoms with Gasteiger partial charge in [0.2, 0.25) is 10.0 Å². The fourth-order valence-corrected chi connectivity index (χ4v) is 3.41. The number of benzene rings is 1. The molecular weight excluding hydrogens is 320 g/mol. The maximum absolute atomic E-state index is 12.6. The highest BCUT2D eigenvalue weighted by Crippen LogP contribution is 2.18. The van der Waals surface area contributed by atoms with Crippen LogP contribution >= 0.6 is 11.6 Å². The topological polar surface area (TPSA) is 50.3 Å². The molecule has 1 aromatic carbocycles. The first-order chi connectivity index (χ1) is 10.4. The molecule has 0 unspecified atom stereocenters. The van der Waals surface area contributed by atoms with Crippen molar-refractivity contribution in [3.63, 3.8) is 0 Å². The van der Waals surface area contributed by atoms with Gasteiger partial charge >= 0.3 is 0 Å². The number of nitrogens with zero attached hydrogens (tertiary/aromatic N) is 2. The van der Waals surface area contributed by atoms with Crippen LogP contribution in [0.15, 0.2) is 47.5 Å². The fourth-order valence-electron chi connectivity index (χ4n) is 2.14. The van der Waals surface area contributed by atoms with Crippen molar-refractivity contribution in [2.24, 2.45) is 0 Å². The molecule has 1 heterocycles. The molecule has 2 rings (SSSR count). The van der Waals surface area contributed by atoms with Crippen molar-refractivity contribution in [3.05, 3.63) is 58.9 Å². The summed E-state index contributed by atoms with van der Waals surface area (Å²) in [5.74, 6) is 0. The second-order valence-corrected chi connectivity index (χ2v) is 7.58. The highest BCUT2D eigenvalue weighted by Gasteiger charge is 2.20. The monoisotopic (exact) mass is 338 g/mol. The second-order valence-electron chi connectivity index (χ2n) is 5.14. The van der Waals surface area contributed by atoms with E-state index in [0.29, 0.717) is 10.0 Å². The first-order valence-corrected chi connectivity index (χ1v) is 8.91. The van der Waals surface area contributed by atoms with Gasteiger partial charge in [0.25, 0.3) is 0 Å². The van der Waals surface area contributed by atoms with E-state index in [9.17, 15) is 8.42 Å². The maximum Gasteiger partial charge on any atom is 0.243 e. The van der Waals surface area contributed by atoms with E-state index >= 15 is 0 Å². The first-order valence-electron chi connectivity index (χ1n) is 7.09. The lowest BCUT2D eigenvalue weighted by molar-refractivity contribution is 0.466. The van der Waals surface area contributed by atoms with Crippen LogP contribution in [0.5, 0.6) is 0 Å². The van der Waals surface area contributed by atoms with Crippen molar-refractivity contribution >= 4 is 21.6 Å². The van der Waals surface area contributed by atoms with Gasteiger partial charge in [0.15, 0.2) is 0 Å². The van der Waals surface area contributed by atoms with E-state index in [1.165, 1.54) is 4.31 Å². The van der Waals surface area contributed by atoms with E-state index in [-0.39, 0.29) is 6.54 Å². The number of sulfonamides is 1. The number of aryl methyl sites for hydroxylation is 1. The van der Waals surface area contributed by atoms with Crippen LogP contribution < -0.4 is 0 Å². The summed E-state index contributed by atoms with van der Waals surface area (Å²) in [5.41, 5.74) is 1.93. The Hall–Kier alpha value is -1.43. The lowest BCUT2D eigenvalue weighted by atomic mass is 10.1. The summed E-state index contributed by atoms with van der Waals surface area (Å²) < 4.78 is 26.4. The maximum atomic E-state index is 12.6. The van der Waals surface area contributed by atoms with Gasteiger partial charge in [-0.2, -0.15) is 4.31 Å². The third-order valence-electron chi connectivity index (χ3n) is 3.36. The minimum Gasteiger partial charge on any atom is -0.244 e. The second kappa shape index (κ2) is 7.22. The molecule has 22 heavy (non-hydrogen) atoms. The van der Waals surface area contributed by atoms with Crippen molar-refractivity contribution in [3.8, 4) is 0 Å². The minimum absolute atomic E-state index is 0.253. The van der Waals surface area contributed by atoms with Crippen LogP contribution in [0.2, 0.25) is 5.15 Å². The molecule has 118 valence electrons. The zero-order chi connectivity index (χ0) is 16.2. The number of aromatic nitrogens is 1. The van der Waals surface area contributed by atoms with Gasteiger partial charge in [-0.25, -0.2) is 13.4 Å². The van der Waals surface area contributed by atoms with Gasteiger partial charge in [-0.1, -0.05) is 43.1 Å². The Morgan fingerprint density at radius 2 is 1.73 bits per heavy atom. The molecule has 0 fully saturated rings.